The summed E-state index contributed by atoms with van der Waals surface area (Å²) in [6.45, 7) is 0. The Labute approximate surface area is 335 Å². The molecule has 0 radical (unpaired) electrons. The van der Waals surface area contributed by atoms with Crippen molar-refractivity contribution in [3.63, 3.8) is 0 Å². The summed E-state index contributed by atoms with van der Waals surface area (Å²) in [5.41, 5.74) is 11.7. The topological polar surface area (TPSA) is 47.9 Å². The van der Waals surface area contributed by atoms with Gasteiger partial charge in [-0.3, -0.25) is 0 Å². The summed E-state index contributed by atoms with van der Waals surface area (Å²) in [6, 6.07) is 70.8. The van der Waals surface area contributed by atoms with E-state index >= 15 is 0 Å². The molecular formula is C54H33N3O. The summed E-state index contributed by atoms with van der Waals surface area (Å²) in [6.07, 6.45) is 0. The molecule has 12 rings (SSSR count). The Balaban J connectivity index is 0.988. The van der Waals surface area contributed by atoms with Crippen LogP contribution in [0.1, 0.15) is 22.3 Å². The molecule has 2 heterocycles. The van der Waals surface area contributed by atoms with Gasteiger partial charge in [0, 0.05) is 33.4 Å². The van der Waals surface area contributed by atoms with Crippen LogP contribution in [0.25, 0.3) is 78.0 Å². The van der Waals surface area contributed by atoms with Crippen LogP contribution in [0.4, 0.5) is 0 Å². The molecule has 4 nitrogen and oxygen atoms in total. The first-order valence-electron chi connectivity index (χ1n) is 19.7. The van der Waals surface area contributed by atoms with Gasteiger partial charge in [0.2, 0.25) is 0 Å². The Hall–Kier alpha value is -7.69. The van der Waals surface area contributed by atoms with E-state index < -0.39 is 5.41 Å². The number of nitrogens with zero attached hydrogens (tertiary/aromatic N) is 3. The SMILES string of the molecule is c1ccc(-c2nc(-c3ccc(-c4cccc5c4Oc4ccccc4C54c5ccccc5-c5ccccc54)cc3)nc(-c3ccc4c(ccc5ccccc54)c3)n2)cc1. The van der Waals surface area contributed by atoms with Crippen LogP contribution >= 0.6 is 0 Å². The third kappa shape index (κ3) is 4.79. The van der Waals surface area contributed by atoms with Crippen molar-refractivity contribution in [1.82, 2.24) is 15.0 Å². The Morgan fingerprint density at radius 3 is 1.60 bits per heavy atom. The van der Waals surface area contributed by atoms with Crippen molar-refractivity contribution in [2.75, 3.05) is 0 Å². The highest BCUT2D eigenvalue weighted by Gasteiger charge is 2.51. The molecule has 4 heteroatoms. The van der Waals surface area contributed by atoms with E-state index in [4.69, 9.17) is 19.7 Å². The second-order valence-electron chi connectivity index (χ2n) is 15.1. The lowest BCUT2D eigenvalue weighted by Gasteiger charge is -2.40. The molecule has 0 saturated carbocycles. The zero-order chi connectivity index (χ0) is 38.2. The highest BCUT2D eigenvalue weighted by atomic mass is 16.5. The van der Waals surface area contributed by atoms with Crippen molar-refractivity contribution < 1.29 is 4.74 Å². The van der Waals surface area contributed by atoms with Gasteiger partial charge in [0.25, 0.3) is 0 Å². The summed E-state index contributed by atoms with van der Waals surface area (Å²) in [5, 5.41) is 4.81. The minimum Gasteiger partial charge on any atom is -0.456 e. The molecule has 9 aromatic carbocycles. The maximum Gasteiger partial charge on any atom is 0.164 e. The number of benzene rings is 9. The fourth-order valence-electron chi connectivity index (χ4n) is 9.41. The molecule has 1 aromatic heterocycles. The second-order valence-corrected chi connectivity index (χ2v) is 15.1. The van der Waals surface area contributed by atoms with Crippen LogP contribution in [0.2, 0.25) is 0 Å². The van der Waals surface area contributed by atoms with Gasteiger partial charge in [0.15, 0.2) is 17.5 Å². The number of hydrogen-bond donors (Lipinski definition) is 0. The number of fused-ring (bicyclic) bond motifs is 12. The van der Waals surface area contributed by atoms with Gasteiger partial charge < -0.3 is 4.74 Å². The number of para-hydroxylation sites is 2. The minimum absolute atomic E-state index is 0.516. The first-order chi connectivity index (χ1) is 28.7. The van der Waals surface area contributed by atoms with Gasteiger partial charge in [-0.15, -0.1) is 0 Å². The van der Waals surface area contributed by atoms with Crippen molar-refractivity contribution in [2.24, 2.45) is 0 Å². The van der Waals surface area contributed by atoms with Crippen LogP contribution in [-0.2, 0) is 5.41 Å². The van der Waals surface area contributed by atoms with E-state index in [1.165, 1.54) is 38.4 Å². The lowest BCUT2D eigenvalue weighted by molar-refractivity contribution is 0.438. The average Bonchev–Trinajstić information content (AvgIpc) is 3.59. The second kappa shape index (κ2) is 12.7. The highest BCUT2D eigenvalue weighted by Crippen LogP contribution is 2.63. The molecule has 0 saturated heterocycles. The molecule has 0 amide bonds. The van der Waals surface area contributed by atoms with Crippen LogP contribution in [0, 0.1) is 0 Å². The third-order valence-electron chi connectivity index (χ3n) is 12.0. The number of ether oxygens (including phenoxy) is 1. The Morgan fingerprint density at radius 2 is 0.845 bits per heavy atom. The van der Waals surface area contributed by atoms with Crippen LogP contribution in [0.3, 0.4) is 0 Å². The summed E-state index contributed by atoms with van der Waals surface area (Å²) < 4.78 is 6.95. The molecule has 10 aromatic rings. The molecule has 58 heavy (non-hydrogen) atoms. The van der Waals surface area contributed by atoms with Gasteiger partial charge in [0.1, 0.15) is 11.5 Å². The number of aromatic nitrogens is 3. The maximum atomic E-state index is 6.95. The van der Waals surface area contributed by atoms with Crippen LogP contribution in [-0.4, -0.2) is 15.0 Å². The van der Waals surface area contributed by atoms with E-state index in [0.717, 1.165) is 55.8 Å². The van der Waals surface area contributed by atoms with E-state index in [-0.39, 0.29) is 0 Å². The molecule has 2 aliphatic rings. The minimum atomic E-state index is -0.516. The third-order valence-corrected chi connectivity index (χ3v) is 12.0. The largest absolute Gasteiger partial charge is 0.456 e. The van der Waals surface area contributed by atoms with E-state index in [0.29, 0.717) is 17.5 Å². The van der Waals surface area contributed by atoms with E-state index in [9.17, 15) is 0 Å². The molecule has 0 bridgehead atoms. The predicted molar refractivity (Wildman–Crippen MR) is 234 cm³/mol. The van der Waals surface area contributed by atoms with E-state index in [1.54, 1.807) is 0 Å². The molecule has 0 N–H and O–H groups in total. The number of rotatable bonds is 4. The Kier molecular flexibility index (Phi) is 7.11. The molecule has 1 aliphatic carbocycles. The van der Waals surface area contributed by atoms with Crippen molar-refractivity contribution in [2.45, 2.75) is 5.41 Å². The Morgan fingerprint density at radius 1 is 0.328 bits per heavy atom. The van der Waals surface area contributed by atoms with Gasteiger partial charge in [-0.2, -0.15) is 0 Å². The smallest absolute Gasteiger partial charge is 0.164 e. The van der Waals surface area contributed by atoms with Gasteiger partial charge in [0.05, 0.1) is 5.41 Å². The summed E-state index contributed by atoms with van der Waals surface area (Å²) in [4.78, 5) is 15.2. The van der Waals surface area contributed by atoms with Crippen LogP contribution in [0.15, 0.2) is 200 Å². The molecular weight excluding hydrogens is 707 g/mol. The summed E-state index contributed by atoms with van der Waals surface area (Å²) in [7, 11) is 0. The van der Waals surface area contributed by atoms with Crippen LogP contribution in [0.5, 0.6) is 11.5 Å². The quantitative estimate of drug-likeness (QED) is 0.169. The zero-order valence-electron chi connectivity index (χ0n) is 31.3. The molecule has 1 spiro atoms. The first kappa shape index (κ1) is 32.5. The van der Waals surface area contributed by atoms with Gasteiger partial charge in [-0.1, -0.05) is 188 Å². The maximum absolute atomic E-state index is 6.95. The average molecular weight is 740 g/mol. The van der Waals surface area contributed by atoms with Gasteiger partial charge in [-0.05, 0) is 61.5 Å². The van der Waals surface area contributed by atoms with Crippen molar-refractivity contribution >= 4 is 21.5 Å². The molecule has 270 valence electrons. The van der Waals surface area contributed by atoms with E-state index in [2.05, 4.69) is 170 Å². The van der Waals surface area contributed by atoms with Crippen molar-refractivity contribution in [3.8, 4) is 67.9 Å². The Bertz CT molecular complexity index is 3220. The standard InChI is InChI=1S/C54H33N3O/c1-2-14-36(15-3-1)51-55-52(57-53(56-51)39-31-32-41-38(33-39)30-27-34-13-4-5-16-40(34)41)37-28-25-35(26-29-37)42-19-12-23-48-50(42)58-49-24-11-10-22-47(49)54(48)45-20-8-6-17-43(45)44-18-7-9-21-46(44)54/h1-33H. The fraction of sp³-hybridized carbons (Fsp3) is 0.0185. The first-order valence-corrected chi connectivity index (χ1v) is 19.7. The number of hydrogen-bond acceptors (Lipinski definition) is 4. The van der Waals surface area contributed by atoms with Crippen molar-refractivity contribution in [1.29, 1.82) is 0 Å². The summed E-state index contributed by atoms with van der Waals surface area (Å²) >= 11 is 0. The zero-order valence-corrected chi connectivity index (χ0v) is 31.3. The van der Waals surface area contributed by atoms with Crippen LogP contribution < -0.4 is 4.74 Å². The summed E-state index contributed by atoms with van der Waals surface area (Å²) in [5.74, 6) is 3.63. The van der Waals surface area contributed by atoms with Gasteiger partial charge >= 0.3 is 0 Å². The molecule has 1 aliphatic heterocycles. The lowest BCUT2D eigenvalue weighted by Crippen LogP contribution is -2.32. The molecule has 0 fully saturated rings. The fourth-order valence-corrected chi connectivity index (χ4v) is 9.41. The van der Waals surface area contributed by atoms with E-state index in [1.807, 2.05) is 30.3 Å². The van der Waals surface area contributed by atoms with Crippen molar-refractivity contribution in [3.05, 3.63) is 222 Å². The predicted octanol–water partition coefficient (Wildman–Crippen LogP) is 13.3. The highest BCUT2D eigenvalue weighted by molar-refractivity contribution is 6.08. The molecule has 0 unspecified atom stereocenters. The lowest BCUT2D eigenvalue weighted by atomic mass is 9.65. The molecule has 0 atom stereocenters. The van der Waals surface area contributed by atoms with Gasteiger partial charge in [-0.25, -0.2) is 15.0 Å². The normalized spacial score (nSPS) is 13.1. The monoisotopic (exact) mass is 739 g/mol.